The Morgan fingerprint density at radius 3 is 1.50 bits per heavy atom. The van der Waals surface area contributed by atoms with Crippen molar-refractivity contribution in [3.05, 3.63) is 58.7 Å². The number of aromatic amines is 2. The number of aryl methyl sites for hydroxylation is 2. The molecule has 0 aliphatic rings. The quantitative estimate of drug-likeness (QED) is 0.497. The van der Waals surface area contributed by atoms with Gasteiger partial charge in [-0.2, -0.15) is 0 Å². The number of benzene rings is 2. The second-order valence-electron chi connectivity index (χ2n) is 6.53. The van der Waals surface area contributed by atoms with E-state index < -0.39 is 0 Å². The largest absolute Gasteiger partial charge is 0.353 e. The number of nitrogens with one attached hydrogen (secondary N) is 2. The summed E-state index contributed by atoms with van der Waals surface area (Å²) in [5.41, 5.74) is 6.63. The molecule has 2 N–H and O–H groups in total. The van der Waals surface area contributed by atoms with Crippen LogP contribution in [0, 0.1) is 0 Å². The van der Waals surface area contributed by atoms with Crippen LogP contribution in [-0.4, -0.2) is 22.5 Å². The predicted molar refractivity (Wildman–Crippen MR) is 105 cm³/mol. The van der Waals surface area contributed by atoms with Gasteiger partial charge in [0.15, 0.2) is 12.6 Å². The van der Waals surface area contributed by atoms with Gasteiger partial charge in [0, 0.05) is 32.9 Å². The molecule has 0 aliphatic heterocycles. The minimum Gasteiger partial charge on any atom is -0.353 e. The number of H-pyrrole nitrogens is 2. The molecule has 4 nitrogen and oxygen atoms in total. The summed E-state index contributed by atoms with van der Waals surface area (Å²) in [6.07, 6.45) is 3.54. The van der Waals surface area contributed by atoms with E-state index in [0.717, 1.165) is 47.2 Å². The topological polar surface area (TPSA) is 65.7 Å². The molecule has 0 fully saturated rings. The zero-order valence-electron chi connectivity index (χ0n) is 14.8. The van der Waals surface area contributed by atoms with Crippen LogP contribution >= 0.6 is 0 Å². The fourth-order valence-corrected chi connectivity index (χ4v) is 3.60. The maximum Gasteiger partial charge on any atom is 0.152 e. The van der Waals surface area contributed by atoms with Gasteiger partial charge in [-0.3, -0.25) is 9.59 Å². The second-order valence-corrected chi connectivity index (χ2v) is 6.53. The third-order valence-electron chi connectivity index (χ3n) is 5.11. The lowest BCUT2D eigenvalue weighted by Gasteiger charge is -1.99. The maximum atomic E-state index is 11.9. The fraction of sp³-hybridized carbons (Fsp3) is 0.182. The zero-order valence-corrected chi connectivity index (χ0v) is 14.8. The van der Waals surface area contributed by atoms with E-state index in [9.17, 15) is 9.59 Å². The molecule has 0 bridgehead atoms. The van der Waals surface area contributed by atoms with Gasteiger partial charge in [-0.15, -0.1) is 0 Å². The van der Waals surface area contributed by atoms with Gasteiger partial charge >= 0.3 is 0 Å². The van der Waals surface area contributed by atoms with E-state index in [1.165, 1.54) is 11.1 Å². The van der Waals surface area contributed by atoms with Crippen LogP contribution in [0.15, 0.2) is 36.4 Å². The van der Waals surface area contributed by atoms with Crippen LogP contribution in [0.3, 0.4) is 0 Å². The van der Waals surface area contributed by atoms with Crippen LogP contribution in [0.2, 0.25) is 0 Å². The molecule has 0 unspecified atom stereocenters. The minimum absolute atomic E-state index is 0.584. The maximum absolute atomic E-state index is 11.9. The molecule has 0 amide bonds. The lowest BCUT2D eigenvalue weighted by Crippen LogP contribution is -1.89. The molecule has 0 saturated carbocycles. The highest BCUT2D eigenvalue weighted by Gasteiger charge is 2.19. The number of carbonyl (C=O) groups is 2. The lowest BCUT2D eigenvalue weighted by atomic mass is 10.0. The molecule has 0 spiro atoms. The SMILES string of the molecule is CCc1ccc2[nH]c(-c3[nH]c4ccc(CC)cc4c3C=O)c(C=O)c2c1. The molecular formula is C22H20N2O2. The van der Waals surface area contributed by atoms with E-state index in [1.54, 1.807) is 0 Å². The highest BCUT2D eigenvalue weighted by molar-refractivity contribution is 6.10. The van der Waals surface area contributed by atoms with Gasteiger partial charge < -0.3 is 9.97 Å². The van der Waals surface area contributed by atoms with Crippen molar-refractivity contribution >= 4 is 34.4 Å². The number of hydrogen-bond acceptors (Lipinski definition) is 2. The Bertz CT molecular complexity index is 1060. The summed E-state index contributed by atoms with van der Waals surface area (Å²) in [5, 5.41) is 1.78. The molecule has 0 radical (unpaired) electrons. The van der Waals surface area contributed by atoms with Crippen LogP contribution in [0.5, 0.6) is 0 Å². The van der Waals surface area contributed by atoms with Gasteiger partial charge in [0.1, 0.15) is 0 Å². The van der Waals surface area contributed by atoms with Crippen molar-refractivity contribution in [3.63, 3.8) is 0 Å². The van der Waals surface area contributed by atoms with Crippen molar-refractivity contribution in [3.8, 4) is 11.4 Å². The first-order chi connectivity index (χ1) is 12.7. The van der Waals surface area contributed by atoms with E-state index in [0.29, 0.717) is 22.5 Å². The summed E-state index contributed by atoms with van der Waals surface area (Å²) in [7, 11) is 0. The van der Waals surface area contributed by atoms with E-state index in [4.69, 9.17) is 0 Å². The van der Waals surface area contributed by atoms with E-state index in [2.05, 4.69) is 35.9 Å². The van der Waals surface area contributed by atoms with Crippen molar-refractivity contribution in [2.24, 2.45) is 0 Å². The number of rotatable bonds is 5. The van der Waals surface area contributed by atoms with Crippen LogP contribution in [0.25, 0.3) is 33.2 Å². The molecular weight excluding hydrogens is 324 g/mol. The minimum atomic E-state index is 0.584. The van der Waals surface area contributed by atoms with Crippen LogP contribution in [0.4, 0.5) is 0 Å². The molecule has 2 heterocycles. The monoisotopic (exact) mass is 344 g/mol. The molecule has 0 atom stereocenters. The predicted octanol–water partition coefficient (Wildman–Crippen LogP) is 5.07. The summed E-state index contributed by atoms with van der Waals surface area (Å²) >= 11 is 0. The van der Waals surface area contributed by atoms with Gasteiger partial charge in [0.2, 0.25) is 0 Å². The molecule has 4 rings (SSSR count). The van der Waals surface area contributed by atoms with Gasteiger partial charge in [-0.25, -0.2) is 0 Å². The standard InChI is InChI=1S/C22H20N2O2/c1-3-13-5-7-19-15(9-13)17(11-25)21(23-19)22-18(12-26)16-10-14(4-2)6-8-20(16)24-22/h5-12,23-24H,3-4H2,1-2H3. The first-order valence-electron chi connectivity index (χ1n) is 8.90. The van der Waals surface area contributed by atoms with Gasteiger partial charge in [0.05, 0.1) is 11.4 Å². The summed E-state index contributed by atoms with van der Waals surface area (Å²) in [6.45, 7) is 4.17. The van der Waals surface area contributed by atoms with E-state index >= 15 is 0 Å². The summed E-state index contributed by atoms with van der Waals surface area (Å²) in [6, 6.07) is 12.2. The Kier molecular flexibility index (Phi) is 3.96. The Balaban J connectivity index is 2.03. The molecule has 2 aromatic heterocycles. The van der Waals surface area contributed by atoms with Crippen molar-refractivity contribution in [2.75, 3.05) is 0 Å². The Hall–Kier alpha value is -3.14. The van der Waals surface area contributed by atoms with Gasteiger partial charge in [-0.1, -0.05) is 26.0 Å². The summed E-state index contributed by atoms with van der Waals surface area (Å²) in [5.74, 6) is 0. The smallest absolute Gasteiger partial charge is 0.152 e. The van der Waals surface area contributed by atoms with Crippen molar-refractivity contribution in [1.82, 2.24) is 9.97 Å². The van der Waals surface area contributed by atoms with E-state index in [-0.39, 0.29) is 0 Å². The molecule has 4 aromatic rings. The molecule has 0 saturated heterocycles. The third kappa shape index (κ3) is 2.37. The van der Waals surface area contributed by atoms with Crippen LogP contribution in [-0.2, 0) is 12.8 Å². The van der Waals surface area contributed by atoms with Crippen LogP contribution in [0.1, 0.15) is 45.7 Å². The normalized spacial score (nSPS) is 11.3. The van der Waals surface area contributed by atoms with Crippen molar-refractivity contribution in [1.29, 1.82) is 0 Å². The first-order valence-corrected chi connectivity index (χ1v) is 8.90. The van der Waals surface area contributed by atoms with Gasteiger partial charge in [0.25, 0.3) is 0 Å². The number of aldehydes is 2. The van der Waals surface area contributed by atoms with Crippen molar-refractivity contribution < 1.29 is 9.59 Å². The number of hydrogen-bond donors (Lipinski definition) is 2. The van der Waals surface area contributed by atoms with E-state index in [1.807, 2.05) is 24.3 Å². The molecule has 2 aromatic carbocycles. The zero-order chi connectivity index (χ0) is 18.3. The Morgan fingerprint density at radius 1 is 0.731 bits per heavy atom. The Morgan fingerprint density at radius 2 is 1.15 bits per heavy atom. The highest BCUT2D eigenvalue weighted by Crippen LogP contribution is 2.34. The van der Waals surface area contributed by atoms with Gasteiger partial charge in [-0.05, 0) is 48.2 Å². The first kappa shape index (κ1) is 16.3. The lowest BCUT2D eigenvalue weighted by molar-refractivity contribution is 0.111. The second kappa shape index (κ2) is 6.30. The molecule has 26 heavy (non-hydrogen) atoms. The average Bonchev–Trinajstić information content (AvgIpc) is 3.23. The molecule has 130 valence electrons. The highest BCUT2D eigenvalue weighted by atomic mass is 16.1. The summed E-state index contributed by atoms with van der Waals surface area (Å²) < 4.78 is 0. The fourth-order valence-electron chi connectivity index (χ4n) is 3.60. The average molecular weight is 344 g/mol. The third-order valence-corrected chi connectivity index (χ3v) is 5.11. The number of carbonyl (C=O) groups excluding carboxylic acids is 2. The number of aromatic nitrogens is 2. The molecule has 4 heteroatoms. The number of fused-ring (bicyclic) bond motifs is 2. The molecule has 0 aliphatic carbocycles. The summed E-state index contributed by atoms with van der Waals surface area (Å²) in [4.78, 5) is 30.4. The Labute approximate surface area is 151 Å². The van der Waals surface area contributed by atoms with Crippen LogP contribution < -0.4 is 0 Å². The van der Waals surface area contributed by atoms with Crippen molar-refractivity contribution in [2.45, 2.75) is 26.7 Å².